The van der Waals surface area contributed by atoms with E-state index in [2.05, 4.69) is 86.6 Å². The fraction of sp³-hybridized carbons (Fsp3) is 0.433. The quantitative estimate of drug-likeness (QED) is 0.483. The Morgan fingerprint density at radius 3 is 2.38 bits per heavy atom. The lowest BCUT2D eigenvalue weighted by molar-refractivity contribution is 0.231. The first-order chi connectivity index (χ1) is 18.2. The second kappa shape index (κ2) is 12.4. The van der Waals surface area contributed by atoms with Crippen LogP contribution in [0, 0.1) is 0 Å². The van der Waals surface area contributed by atoms with E-state index in [1.807, 2.05) is 12.3 Å². The highest BCUT2D eigenvalue weighted by Crippen LogP contribution is 2.24. The topological polar surface area (TPSA) is 47.1 Å². The van der Waals surface area contributed by atoms with Crippen molar-refractivity contribution in [2.24, 2.45) is 0 Å². The first-order valence-electron chi connectivity index (χ1n) is 13.4. The lowest BCUT2D eigenvalue weighted by Crippen LogP contribution is -2.44. The number of aromatic nitrogens is 1. The van der Waals surface area contributed by atoms with Gasteiger partial charge in [0, 0.05) is 89.6 Å². The molecule has 2 aromatic carbocycles. The summed E-state index contributed by atoms with van der Waals surface area (Å²) in [6, 6.07) is 21.9. The number of nitrogens with one attached hydrogen (secondary N) is 1. The zero-order valence-electron chi connectivity index (χ0n) is 22.3. The summed E-state index contributed by atoms with van der Waals surface area (Å²) in [6.45, 7) is 11.2. The Bertz CT molecular complexity index is 1120. The maximum atomic E-state index is 5.49. The minimum atomic E-state index is 0.800. The van der Waals surface area contributed by atoms with Crippen molar-refractivity contribution in [3.05, 3.63) is 83.7 Å². The van der Waals surface area contributed by atoms with Crippen LogP contribution in [0.15, 0.2) is 66.9 Å². The van der Waals surface area contributed by atoms with Gasteiger partial charge in [-0.05, 0) is 54.6 Å². The number of methoxy groups -OCH3 is 1. The molecule has 5 rings (SSSR count). The number of hydrogen-bond acceptors (Lipinski definition) is 7. The van der Waals surface area contributed by atoms with Crippen LogP contribution in [0.5, 0.6) is 5.75 Å². The van der Waals surface area contributed by atoms with Gasteiger partial charge >= 0.3 is 0 Å². The van der Waals surface area contributed by atoms with Crippen LogP contribution in [0.4, 0.5) is 11.4 Å². The summed E-state index contributed by atoms with van der Waals surface area (Å²) in [5.74, 6) is 0.892. The molecule has 196 valence electrons. The van der Waals surface area contributed by atoms with Crippen LogP contribution in [-0.4, -0.2) is 81.3 Å². The third-order valence-electron chi connectivity index (χ3n) is 7.45. The fourth-order valence-electron chi connectivity index (χ4n) is 5.17. The summed E-state index contributed by atoms with van der Waals surface area (Å²) in [6.07, 6.45) is 1.96. The number of likely N-dealkylation sites (N-methyl/N-ethyl adjacent to an activating group) is 1. The molecular formula is C30H40N6O. The number of piperazine rings is 2. The van der Waals surface area contributed by atoms with Crippen molar-refractivity contribution in [3.8, 4) is 5.75 Å². The summed E-state index contributed by atoms with van der Waals surface area (Å²) in [4.78, 5) is 14.5. The molecule has 3 heterocycles. The molecule has 0 saturated carbocycles. The van der Waals surface area contributed by atoms with Crippen LogP contribution >= 0.6 is 0 Å². The van der Waals surface area contributed by atoms with Crippen LogP contribution in [0.1, 0.15) is 16.8 Å². The monoisotopic (exact) mass is 500 g/mol. The number of rotatable bonds is 9. The average Bonchev–Trinajstić information content (AvgIpc) is 2.94. The van der Waals surface area contributed by atoms with E-state index >= 15 is 0 Å². The summed E-state index contributed by atoms with van der Waals surface area (Å²) in [5.41, 5.74) is 6.18. The normalized spacial score (nSPS) is 17.1. The summed E-state index contributed by atoms with van der Waals surface area (Å²) in [5, 5.41) is 3.44. The molecule has 2 fully saturated rings. The molecule has 7 heteroatoms. The van der Waals surface area contributed by atoms with Gasteiger partial charge in [0.15, 0.2) is 0 Å². The maximum absolute atomic E-state index is 5.49. The number of nitrogens with zero attached hydrogens (tertiary/aromatic N) is 5. The Kier molecular flexibility index (Phi) is 8.56. The second-order valence-electron chi connectivity index (χ2n) is 10.2. The van der Waals surface area contributed by atoms with Gasteiger partial charge in [-0.3, -0.25) is 9.88 Å². The van der Waals surface area contributed by atoms with Crippen molar-refractivity contribution in [3.63, 3.8) is 0 Å². The fourth-order valence-corrected chi connectivity index (χ4v) is 5.17. The third kappa shape index (κ3) is 7.01. The molecule has 0 radical (unpaired) electrons. The minimum Gasteiger partial charge on any atom is -0.497 e. The largest absolute Gasteiger partial charge is 0.497 e. The van der Waals surface area contributed by atoms with Crippen molar-refractivity contribution in [1.29, 1.82) is 0 Å². The van der Waals surface area contributed by atoms with Gasteiger partial charge in [-0.25, -0.2) is 0 Å². The molecule has 0 bridgehead atoms. The third-order valence-corrected chi connectivity index (χ3v) is 7.45. The molecule has 0 aliphatic carbocycles. The molecule has 2 aliphatic heterocycles. The molecule has 1 N–H and O–H groups in total. The molecule has 0 atom stereocenters. The molecule has 7 nitrogen and oxygen atoms in total. The van der Waals surface area contributed by atoms with Gasteiger partial charge in [0.1, 0.15) is 5.75 Å². The first kappa shape index (κ1) is 25.5. The molecule has 2 saturated heterocycles. The lowest BCUT2D eigenvalue weighted by Gasteiger charge is -2.34. The summed E-state index contributed by atoms with van der Waals surface area (Å²) in [7, 11) is 3.93. The summed E-state index contributed by atoms with van der Waals surface area (Å²) < 4.78 is 5.49. The molecular weight excluding hydrogens is 460 g/mol. The van der Waals surface area contributed by atoms with E-state index in [1.165, 1.54) is 22.5 Å². The SMILES string of the molecule is COc1cccc(CN(Cc2ccc(N3CCN(C)CC3)cc2)c2ccnc(CN3CCNCC3)c2)c1. The van der Waals surface area contributed by atoms with Crippen molar-refractivity contribution in [2.45, 2.75) is 19.6 Å². The standard InChI is InChI=1S/C30H40N6O/c1-33-16-18-35(19-17-33)28-8-6-25(7-9-28)22-36(23-26-4-3-5-30(20-26)37-2)29-10-11-32-27(21-29)24-34-14-12-31-13-15-34/h3-11,20-21,31H,12-19,22-24H2,1-2H3. The first-order valence-corrected chi connectivity index (χ1v) is 13.4. The lowest BCUT2D eigenvalue weighted by atomic mass is 10.1. The molecule has 2 aliphatic rings. The van der Waals surface area contributed by atoms with Gasteiger partial charge in [0.05, 0.1) is 12.8 Å². The summed E-state index contributed by atoms with van der Waals surface area (Å²) >= 11 is 0. The van der Waals surface area contributed by atoms with Gasteiger partial charge in [-0.1, -0.05) is 24.3 Å². The Morgan fingerprint density at radius 1 is 0.865 bits per heavy atom. The van der Waals surface area contributed by atoms with Crippen LogP contribution in [-0.2, 0) is 19.6 Å². The van der Waals surface area contributed by atoms with Crippen molar-refractivity contribution < 1.29 is 4.74 Å². The molecule has 0 amide bonds. The van der Waals surface area contributed by atoms with E-state index in [0.717, 1.165) is 83.4 Å². The maximum Gasteiger partial charge on any atom is 0.119 e. The van der Waals surface area contributed by atoms with Crippen molar-refractivity contribution in [2.75, 3.05) is 76.3 Å². The average molecular weight is 501 g/mol. The van der Waals surface area contributed by atoms with Crippen molar-refractivity contribution >= 4 is 11.4 Å². The Balaban J connectivity index is 1.35. The molecule has 0 unspecified atom stereocenters. The minimum absolute atomic E-state index is 0.800. The van der Waals surface area contributed by atoms with E-state index in [1.54, 1.807) is 7.11 Å². The van der Waals surface area contributed by atoms with Gasteiger partial charge in [0.2, 0.25) is 0 Å². The molecule has 0 spiro atoms. The zero-order valence-corrected chi connectivity index (χ0v) is 22.3. The predicted octanol–water partition coefficient (Wildman–Crippen LogP) is 3.45. The zero-order chi connectivity index (χ0) is 25.5. The second-order valence-corrected chi connectivity index (χ2v) is 10.2. The predicted molar refractivity (Wildman–Crippen MR) is 151 cm³/mol. The van der Waals surface area contributed by atoms with E-state index in [4.69, 9.17) is 9.72 Å². The van der Waals surface area contributed by atoms with Crippen molar-refractivity contribution in [1.82, 2.24) is 20.1 Å². The van der Waals surface area contributed by atoms with Gasteiger partial charge in [0.25, 0.3) is 0 Å². The molecule has 1 aromatic heterocycles. The smallest absolute Gasteiger partial charge is 0.119 e. The Labute approximate surface area is 221 Å². The van der Waals surface area contributed by atoms with Gasteiger partial charge < -0.3 is 24.8 Å². The Morgan fingerprint density at radius 2 is 1.62 bits per heavy atom. The van der Waals surface area contributed by atoms with E-state index in [0.29, 0.717) is 0 Å². The number of anilines is 2. The van der Waals surface area contributed by atoms with Crippen LogP contribution in [0.2, 0.25) is 0 Å². The molecule has 37 heavy (non-hydrogen) atoms. The van der Waals surface area contributed by atoms with Gasteiger partial charge in [-0.15, -0.1) is 0 Å². The van der Waals surface area contributed by atoms with Crippen LogP contribution < -0.4 is 19.9 Å². The van der Waals surface area contributed by atoms with E-state index in [9.17, 15) is 0 Å². The Hall–Kier alpha value is -3.13. The van der Waals surface area contributed by atoms with Gasteiger partial charge in [-0.2, -0.15) is 0 Å². The van der Waals surface area contributed by atoms with E-state index in [-0.39, 0.29) is 0 Å². The van der Waals surface area contributed by atoms with Crippen LogP contribution in [0.25, 0.3) is 0 Å². The van der Waals surface area contributed by atoms with Crippen LogP contribution in [0.3, 0.4) is 0 Å². The number of benzene rings is 2. The highest BCUT2D eigenvalue weighted by Gasteiger charge is 2.16. The molecule has 3 aromatic rings. The number of pyridine rings is 1. The number of hydrogen-bond donors (Lipinski definition) is 1. The number of ether oxygens (including phenoxy) is 1. The highest BCUT2D eigenvalue weighted by atomic mass is 16.5. The van der Waals surface area contributed by atoms with E-state index < -0.39 is 0 Å². The highest BCUT2D eigenvalue weighted by molar-refractivity contribution is 5.51.